The number of rotatable bonds is 4. The van der Waals surface area contributed by atoms with Crippen molar-refractivity contribution in [1.82, 2.24) is 29.9 Å². The molecule has 0 atom stereocenters. The van der Waals surface area contributed by atoms with Crippen LogP contribution in [0.3, 0.4) is 0 Å². The summed E-state index contributed by atoms with van der Waals surface area (Å²) in [5.74, 6) is 0.717. The predicted molar refractivity (Wildman–Crippen MR) is 193 cm³/mol. The minimum atomic E-state index is 0.717. The summed E-state index contributed by atoms with van der Waals surface area (Å²) in [4.78, 5) is 26.1. The van der Waals surface area contributed by atoms with Gasteiger partial charge in [0.1, 0.15) is 5.82 Å². The Kier molecular flexibility index (Phi) is 6.35. The van der Waals surface area contributed by atoms with Crippen LogP contribution >= 0.6 is 0 Å². The molecule has 2 aliphatic heterocycles. The highest BCUT2D eigenvalue weighted by atomic mass is 14.9. The molecule has 6 heterocycles. The van der Waals surface area contributed by atoms with Gasteiger partial charge in [0.05, 0.1) is 28.3 Å². The fourth-order valence-corrected chi connectivity index (χ4v) is 6.58. The van der Waals surface area contributed by atoms with Crippen LogP contribution in [0.15, 0.2) is 128 Å². The van der Waals surface area contributed by atoms with Gasteiger partial charge >= 0.3 is 0 Å². The second kappa shape index (κ2) is 11.1. The first-order valence-corrected chi connectivity index (χ1v) is 15.6. The van der Waals surface area contributed by atoms with Crippen LogP contribution in [0, 0.1) is 0 Å². The van der Waals surface area contributed by atoms with Crippen molar-refractivity contribution in [3.63, 3.8) is 0 Å². The molecule has 0 amide bonds. The predicted octanol–water partition coefficient (Wildman–Crippen LogP) is 10.0. The lowest BCUT2D eigenvalue weighted by atomic mass is 10.0. The molecule has 0 fully saturated rings. The van der Waals surface area contributed by atoms with Gasteiger partial charge in [-0.3, -0.25) is 0 Å². The molecule has 2 aliphatic rings. The lowest BCUT2D eigenvalue weighted by Crippen LogP contribution is -1.92. The summed E-state index contributed by atoms with van der Waals surface area (Å²) in [5.41, 5.74) is 14.5. The summed E-state index contributed by atoms with van der Waals surface area (Å²) in [5, 5.41) is 0. The maximum atomic E-state index is 5.25. The Morgan fingerprint density at radius 2 is 0.766 bits per heavy atom. The molecule has 0 saturated heterocycles. The highest BCUT2D eigenvalue weighted by Crippen LogP contribution is 2.37. The highest BCUT2D eigenvalue weighted by molar-refractivity contribution is 5.99. The van der Waals surface area contributed by atoms with Crippen LogP contribution < -0.4 is 0 Å². The van der Waals surface area contributed by atoms with Crippen LogP contribution in [0.4, 0.5) is 0 Å². The molecule has 0 saturated carbocycles. The van der Waals surface area contributed by atoms with Gasteiger partial charge in [-0.15, -0.1) is 0 Å². The highest BCUT2D eigenvalue weighted by Gasteiger charge is 2.20. The average molecular weight is 605 g/mol. The number of fused-ring (bicyclic) bond motifs is 8. The molecular formula is C41H28N6. The molecule has 0 aliphatic carbocycles. The van der Waals surface area contributed by atoms with Crippen molar-refractivity contribution in [1.29, 1.82) is 0 Å². The topological polar surface area (TPSA) is 86.0 Å². The molecule has 3 aromatic carbocycles. The Morgan fingerprint density at radius 1 is 0.383 bits per heavy atom. The fourth-order valence-electron chi connectivity index (χ4n) is 6.58. The van der Waals surface area contributed by atoms with Gasteiger partial charge in [0, 0.05) is 51.2 Å². The summed E-state index contributed by atoms with van der Waals surface area (Å²) in [6.07, 6.45) is 11.9. The van der Waals surface area contributed by atoms with Crippen molar-refractivity contribution >= 4 is 46.4 Å². The SMILES string of the molecule is C1=Cc2nc1c(-c1ncc[nH]1)c1nc(c(-c3ccccc3)c3ccc([nH]3)c(-c3ccccc3)c3ccc([nH]3)c2-c2ccccc2)C=C1. The number of aromatic nitrogens is 6. The fraction of sp³-hybridized carbons (Fsp3) is 0. The lowest BCUT2D eigenvalue weighted by molar-refractivity contribution is 1.23. The molecule has 7 aromatic rings. The Labute approximate surface area is 270 Å². The Morgan fingerprint density at radius 3 is 1.17 bits per heavy atom. The quantitative estimate of drug-likeness (QED) is 0.187. The van der Waals surface area contributed by atoms with Crippen molar-refractivity contribution in [2.75, 3.05) is 0 Å². The monoisotopic (exact) mass is 604 g/mol. The zero-order chi connectivity index (χ0) is 31.2. The molecule has 47 heavy (non-hydrogen) atoms. The first kappa shape index (κ1) is 26.8. The number of H-pyrrole nitrogens is 3. The van der Waals surface area contributed by atoms with Gasteiger partial charge in [0.25, 0.3) is 0 Å². The van der Waals surface area contributed by atoms with E-state index < -0.39 is 0 Å². The third-order valence-electron chi connectivity index (χ3n) is 8.68. The van der Waals surface area contributed by atoms with E-state index in [4.69, 9.17) is 9.97 Å². The molecule has 6 nitrogen and oxygen atoms in total. The zero-order valence-electron chi connectivity index (χ0n) is 25.3. The van der Waals surface area contributed by atoms with Crippen molar-refractivity contribution in [2.24, 2.45) is 0 Å². The van der Waals surface area contributed by atoms with Crippen LogP contribution in [0.2, 0.25) is 0 Å². The van der Waals surface area contributed by atoms with E-state index in [0.29, 0.717) is 0 Å². The first-order valence-electron chi connectivity index (χ1n) is 15.6. The first-order chi connectivity index (χ1) is 23.3. The summed E-state index contributed by atoms with van der Waals surface area (Å²) in [6.45, 7) is 0. The minimum Gasteiger partial charge on any atom is -0.354 e. The Bertz CT molecular complexity index is 2350. The molecule has 0 unspecified atom stereocenters. The molecule has 0 spiro atoms. The summed E-state index contributed by atoms with van der Waals surface area (Å²) in [7, 11) is 0. The van der Waals surface area contributed by atoms with Crippen LogP contribution in [-0.4, -0.2) is 29.9 Å². The smallest absolute Gasteiger partial charge is 0.141 e. The van der Waals surface area contributed by atoms with Gasteiger partial charge in [-0.2, -0.15) is 0 Å². The van der Waals surface area contributed by atoms with E-state index in [1.807, 2.05) is 24.4 Å². The third kappa shape index (κ3) is 4.71. The molecular weight excluding hydrogens is 576 g/mol. The van der Waals surface area contributed by atoms with Gasteiger partial charge in [0.15, 0.2) is 0 Å². The van der Waals surface area contributed by atoms with E-state index in [1.165, 1.54) is 0 Å². The molecule has 4 aromatic heterocycles. The Hall–Kier alpha value is -6.53. The van der Waals surface area contributed by atoms with Crippen molar-refractivity contribution in [3.8, 4) is 44.8 Å². The number of nitrogens with one attached hydrogen (secondary N) is 3. The van der Waals surface area contributed by atoms with Crippen LogP contribution in [0.1, 0.15) is 22.8 Å². The minimum absolute atomic E-state index is 0.717. The number of hydrogen-bond donors (Lipinski definition) is 3. The van der Waals surface area contributed by atoms with Crippen LogP contribution in [0.5, 0.6) is 0 Å². The average Bonchev–Trinajstić information content (AvgIpc) is 3.97. The van der Waals surface area contributed by atoms with E-state index in [0.717, 1.165) is 89.6 Å². The van der Waals surface area contributed by atoms with E-state index >= 15 is 0 Å². The lowest BCUT2D eigenvalue weighted by Gasteiger charge is -2.06. The van der Waals surface area contributed by atoms with Crippen molar-refractivity contribution in [2.45, 2.75) is 0 Å². The van der Waals surface area contributed by atoms with Gasteiger partial charge < -0.3 is 15.0 Å². The number of nitrogens with zero attached hydrogens (tertiary/aromatic N) is 3. The largest absolute Gasteiger partial charge is 0.354 e. The van der Waals surface area contributed by atoms with Crippen molar-refractivity contribution < 1.29 is 0 Å². The van der Waals surface area contributed by atoms with Gasteiger partial charge in [-0.25, -0.2) is 15.0 Å². The molecule has 8 bridgehead atoms. The van der Waals surface area contributed by atoms with Gasteiger partial charge in [-0.05, 0) is 65.3 Å². The maximum absolute atomic E-state index is 5.25. The van der Waals surface area contributed by atoms with Crippen LogP contribution in [0.25, 0.3) is 91.1 Å². The number of imidazole rings is 1. The molecule has 3 N–H and O–H groups in total. The van der Waals surface area contributed by atoms with Gasteiger partial charge in [0.2, 0.25) is 0 Å². The van der Waals surface area contributed by atoms with Crippen LogP contribution in [-0.2, 0) is 0 Å². The second-order valence-electron chi connectivity index (χ2n) is 11.5. The molecule has 9 rings (SSSR count). The molecule has 6 heteroatoms. The Balaban J connectivity index is 1.49. The van der Waals surface area contributed by atoms with E-state index in [-0.39, 0.29) is 0 Å². The van der Waals surface area contributed by atoms with E-state index in [9.17, 15) is 0 Å². The second-order valence-corrected chi connectivity index (χ2v) is 11.5. The number of hydrogen-bond acceptors (Lipinski definition) is 3. The van der Waals surface area contributed by atoms with Gasteiger partial charge in [-0.1, -0.05) is 91.0 Å². The zero-order valence-corrected chi connectivity index (χ0v) is 25.3. The molecule has 0 radical (unpaired) electrons. The number of benzene rings is 3. The van der Waals surface area contributed by atoms with E-state index in [2.05, 4.69) is 141 Å². The summed E-state index contributed by atoms with van der Waals surface area (Å²) in [6, 6.07) is 40.0. The van der Waals surface area contributed by atoms with Crippen molar-refractivity contribution in [3.05, 3.63) is 150 Å². The normalized spacial score (nSPS) is 12.1. The molecule has 222 valence electrons. The summed E-state index contributed by atoms with van der Waals surface area (Å²) >= 11 is 0. The number of aromatic amines is 3. The summed E-state index contributed by atoms with van der Waals surface area (Å²) < 4.78 is 0. The maximum Gasteiger partial charge on any atom is 0.141 e. The van der Waals surface area contributed by atoms with E-state index in [1.54, 1.807) is 6.20 Å². The standard InChI is InChI=1S/C41H28N6/c1-4-10-26(11-5-1)37-29-16-18-31(44-29)38(27-12-6-2-7-13-27)33-20-22-35(46-33)40(41-42-24-25-43-41)36-23-21-34(47-36)39(28-14-8-3-9-15-28)32-19-17-30(37)45-32/h1-25,44-45H,(H,42,43). The third-order valence-corrected chi connectivity index (χ3v) is 8.68.